The first kappa shape index (κ1) is 7.59. The average Bonchev–Trinajstić information content (AvgIpc) is 2.08. The quantitative estimate of drug-likeness (QED) is 0.494. The van der Waals surface area contributed by atoms with Crippen molar-refractivity contribution in [2.75, 3.05) is 7.05 Å². The van der Waals surface area contributed by atoms with Crippen molar-refractivity contribution < 1.29 is 4.79 Å². The molecule has 0 saturated carbocycles. The van der Waals surface area contributed by atoms with Gasteiger partial charge >= 0.3 is 0 Å². The molecule has 0 N–H and O–H groups in total. The minimum atomic E-state index is -0.295. The molecular formula is C10H13NO. The largest absolute Gasteiger partial charge is 0.335 e. The van der Waals surface area contributed by atoms with Crippen LogP contribution in [0.4, 0.5) is 0 Å². The van der Waals surface area contributed by atoms with Gasteiger partial charge in [0.15, 0.2) is 0 Å². The van der Waals surface area contributed by atoms with Gasteiger partial charge in [-0.3, -0.25) is 4.79 Å². The summed E-state index contributed by atoms with van der Waals surface area (Å²) in [6, 6.07) is 0. The van der Waals surface area contributed by atoms with E-state index in [2.05, 4.69) is 13.0 Å². The molecule has 2 nitrogen and oxygen atoms in total. The summed E-state index contributed by atoms with van der Waals surface area (Å²) in [6.07, 6.45) is 8.04. The fourth-order valence-electron chi connectivity index (χ4n) is 2.09. The fraction of sp³-hybridized carbons (Fsp3) is 0.500. The van der Waals surface area contributed by atoms with Crippen molar-refractivity contribution in [1.82, 2.24) is 4.90 Å². The lowest BCUT2D eigenvalue weighted by atomic mass is 9.60. The van der Waals surface area contributed by atoms with Gasteiger partial charge < -0.3 is 4.90 Å². The number of likely N-dealkylation sites (N-methyl/N-ethyl adjacent to an activating group) is 1. The standard InChI is InChI=1S/C10H13NO/c1-9-6-4-5-7-10(9,2)11(3)8(9)12/h4-7H,1-3H3/t9-,10+/m0/s1. The summed E-state index contributed by atoms with van der Waals surface area (Å²) < 4.78 is 0. The van der Waals surface area contributed by atoms with Crippen molar-refractivity contribution in [3.63, 3.8) is 0 Å². The number of fused-ring (bicyclic) bond motifs is 1. The summed E-state index contributed by atoms with van der Waals surface area (Å²) in [4.78, 5) is 13.4. The van der Waals surface area contributed by atoms with E-state index in [1.54, 1.807) is 4.90 Å². The summed E-state index contributed by atoms with van der Waals surface area (Å²) >= 11 is 0. The number of hydrogen-bond acceptors (Lipinski definition) is 1. The van der Waals surface area contributed by atoms with Gasteiger partial charge in [-0.15, -0.1) is 0 Å². The predicted octanol–water partition coefficient (Wildman–Crippen LogP) is 1.35. The number of allylic oxidation sites excluding steroid dienone is 2. The molecule has 0 radical (unpaired) electrons. The minimum absolute atomic E-state index is 0.0984. The molecule has 0 unspecified atom stereocenters. The van der Waals surface area contributed by atoms with E-state index in [9.17, 15) is 4.79 Å². The molecule has 1 amide bonds. The Morgan fingerprint density at radius 2 is 1.83 bits per heavy atom. The molecule has 2 heteroatoms. The van der Waals surface area contributed by atoms with Crippen LogP contribution in [-0.4, -0.2) is 23.4 Å². The molecule has 0 aromatic rings. The number of β-lactam (4-membered cyclic amide) rings is 1. The summed E-state index contributed by atoms with van der Waals surface area (Å²) in [5.74, 6) is 0.214. The lowest BCUT2D eigenvalue weighted by molar-refractivity contribution is -0.169. The van der Waals surface area contributed by atoms with Crippen LogP contribution in [0.1, 0.15) is 13.8 Å². The van der Waals surface area contributed by atoms with Gasteiger partial charge in [0.2, 0.25) is 5.91 Å². The Labute approximate surface area is 72.6 Å². The summed E-state index contributed by atoms with van der Waals surface area (Å²) in [6.45, 7) is 4.09. The maximum atomic E-state index is 11.6. The van der Waals surface area contributed by atoms with E-state index in [0.717, 1.165) is 0 Å². The summed E-state index contributed by atoms with van der Waals surface area (Å²) in [7, 11) is 1.85. The van der Waals surface area contributed by atoms with Gasteiger partial charge in [0.25, 0.3) is 0 Å². The molecule has 1 saturated heterocycles. The van der Waals surface area contributed by atoms with Gasteiger partial charge in [0.1, 0.15) is 0 Å². The number of nitrogens with zero attached hydrogens (tertiary/aromatic N) is 1. The van der Waals surface area contributed by atoms with Gasteiger partial charge in [-0.2, -0.15) is 0 Å². The van der Waals surface area contributed by atoms with E-state index in [0.29, 0.717) is 0 Å². The van der Waals surface area contributed by atoms with Crippen molar-refractivity contribution >= 4 is 5.91 Å². The van der Waals surface area contributed by atoms with Crippen molar-refractivity contribution in [1.29, 1.82) is 0 Å². The highest BCUT2D eigenvalue weighted by atomic mass is 16.2. The molecule has 12 heavy (non-hydrogen) atoms. The zero-order valence-electron chi connectivity index (χ0n) is 7.66. The zero-order valence-corrected chi connectivity index (χ0v) is 7.66. The molecule has 1 aliphatic carbocycles. The average molecular weight is 163 g/mol. The third-order valence-electron chi connectivity index (χ3n) is 3.46. The molecule has 2 aliphatic rings. The maximum absolute atomic E-state index is 11.6. The molecule has 0 spiro atoms. The van der Waals surface area contributed by atoms with Crippen LogP contribution < -0.4 is 0 Å². The first-order chi connectivity index (χ1) is 5.52. The van der Waals surface area contributed by atoms with E-state index < -0.39 is 0 Å². The number of carbonyl (C=O) groups is 1. The Bertz CT molecular complexity index is 305. The van der Waals surface area contributed by atoms with Crippen LogP contribution in [0.5, 0.6) is 0 Å². The molecule has 1 fully saturated rings. The fourth-order valence-corrected chi connectivity index (χ4v) is 2.09. The highest BCUT2D eigenvalue weighted by molar-refractivity contribution is 5.94. The van der Waals surface area contributed by atoms with Crippen molar-refractivity contribution in [3.8, 4) is 0 Å². The number of likely N-dealkylation sites (tertiary alicyclic amines) is 1. The van der Waals surface area contributed by atoms with Crippen LogP contribution >= 0.6 is 0 Å². The number of rotatable bonds is 0. The third kappa shape index (κ3) is 0.521. The van der Waals surface area contributed by atoms with Crippen LogP contribution in [0, 0.1) is 5.41 Å². The first-order valence-electron chi connectivity index (χ1n) is 4.18. The van der Waals surface area contributed by atoms with Gasteiger partial charge in [-0.25, -0.2) is 0 Å². The number of amides is 1. The second-order valence-corrected chi connectivity index (χ2v) is 3.93. The summed E-state index contributed by atoms with van der Waals surface area (Å²) in [5, 5.41) is 0. The zero-order chi connectivity index (χ0) is 8.98. The van der Waals surface area contributed by atoms with Crippen molar-refractivity contribution in [2.24, 2.45) is 5.41 Å². The van der Waals surface area contributed by atoms with Gasteiger partial charge in [0.05, 0.1) is 11.0 Å². The molecule has 2 atom stereocenters. The molecule has 0 bridgehead atoms. The molecule has 1 heterocycles. The van der Waals surface area contributed by atoms with Crippen LogP contribution in [-0.2, 0) is 4.79 Å². The van der Waals surface area contributed by atoms with E-state index in [1.165, 1.54) is 0 Å². The van der Waals surface area contributed by atoms with E-state index in [1.807, 2.05) is 32.2 Å². The van der Waals surface area contributed by atoms with Crippen LogP contribution in [0.15, 0.2) is 24.3 Å². The normalized spacial score (nSPS) is 44.2. The SMILES string of the molecule is CN1C(=O)[C@]2(C)C=CC=C[C@@]12C. The van der Waals surface area contributed by atoms with Crippen LogP contribution in [0.3, 0.4) is 0 Å². The maximum Gasteiger partial charge on any atom is 0.235 e. The lowest BCUT2D eigenvalue weighted by Gasteiger charge is -2.59. The molecular weight excluding hydrogens is 150 g/mol. The highest BCUT2D eigenvalue weighted by Crippen LogP contribution is 2.50. The molecule has 1 aliphatic heterocycles. The molecule has 64 valence electrons. The Morgan fingerprint density at radius 3 is 2.42 bits per heavy atom. The van der Waals surface area contributed by atoms with E-state index >= 15 is 0 Å². The van der Waals surface area contributed by atoms with E-state index in [4.69, 9.17) is 0 Å². The number of hydrogen-bond donors (Lipinski definition) is 0. The lowest BCUT2D eigenvalue weighted by Crippen LogP contribution is -2.73. The predicted molar refractivity (Wildman–Crippen MR) is 47.6 cm³/mol. The smallest absolute Gasteiger partial charge is 0.235 e. The Kier molecular flexibility index (Phi) is 1.15. The second-order valence-electron chi connectivity index (χ2n) is 3.93. The van der Waals surface area contributed by atoms with Crippen molar-refractivity contribution in [3.05, 3.63) is 24.3 Å². The monoisotopic (exact) mass is 163 g/mol. The highest BCUT2D eigenvalue weighted by Gasteiger charge is 2.62. The molecule has 0 aromatic carbocycles. The van der Waals surface area contributed by atoms with Crippen LogP contribution in [0.25, 0.3) is 0 Å². The van der Waals surface area contributed by atoms with Gasteiger partial charge in [0, 0.05) is 7.05 Å². The third-order valence-corrected chi connectivity index (χ3v) is 3.46. The molecule has 2 rings (SSSR count). The summed E-state index contributed by atoms with van der Waals surface area (Å²) in [5.41, 5.74) is -0.394. The van der Waals surface area contributed by atoms with E-state index in [-0.39, 0.29) is 16.9 Å². The molecule has 0 aromatic heterocycles. The Hall–Kier alpha value is -1.05. The van der Waals surface area contributed by atoms with Gasteiger partial charge in [-0.1, -0.05) is 24.3 Å². The minimum Gasteiger partial charge on any atom is -0.335 e. The number of carbonyl (C=O) groups excluding carboxylic acids is 1. The van der Waals surface area contributed by atoms with Gasteiger partial charge in [-0.05, 0) is 13.8 Å². The Balaban J connectivity index is 2.49. The second kappa shape index (κ2) is 1.82. The van der Waals surface area contributed by atoms with Crippen LogP contribution in [0.2, 0.25) is 0 Å². The first-order valence-corrected chi connectivity index (χ1v) is 4.18. The van der Waals surface area contributed by atoms with Crippen molar-refractivity contribution in [2.45, 2.75) is 19.4 Å². The topological polar surface area (TPSA) is 20.3 Å². The Morgan fingerprint density at radius 1 is 1.25 bits per heavy atom.